The highest BCUT2D eigenvalue weighted by atomic mass is 15.4. The second-order valence-corrected chi connectivity index (χ2v) is 7.63. The number of pyridine rings is 1. The van der Waals surface area contributed by atoms with Crippen molar-refractivity contribution in [3.8, 4) is 23.3 Å². The molecule has 4 rings (SSSR count). The molecule has 1 atom stereocenters. The lowest BCUT2D eigenvalue weighted by molar-refractivity contribution is 0.315. The molecule has 29 heavy (non-hydrogen) atoms. The first-order valence-corrected chi connectivity index (χ1v) is 9.71. The highest BCUT2D eigenvalue weighted by Gasteiger charge is 2.30. The monoisotopic (exact) mass is 385 g/mol. The van der Waals surface area contributed by atoms with Crippen LogP contribution in [-0.4, -0.2) is 52.7 Å². The molecule has 0 bridgehead atoms. The molecule has 3 heterocycles. The first kappa shape index (κ1) is 18.9. The van der Waals surface area contributed by atoms with E-state index in [0.717, 1.165) is 42.0 Å². The quantitative estimate of drug-likeness (QED) is 0.687. The number of nitriles is 2. The highest BCUT2D eigenvalue weighted by Crippen LogP contribution is 2.38. The number of fused-ring (bicyclic) bond motifs is 1. The molecular weight excluding hydrogens is 362 g/mol. The van der Waals surface area contributed by atoms with Gasteiger partial charge in [0.25, 0.3) is 0 Å². The van der Waals surface area contributed by atoms with Gasteiger partial charge in [-0.15, -0.1) is 5.10 Å². The number of likely N-dealkylation sites (N-methyl/N-ethyl adjacent to an activating group) is 1. The van der Waals surface area contributed by atoms with Gasteiger partial charge in [0.1, 0.15) is 17.5 Å². The van der Waals surface area contributed by atoms with E-state index in [2.05, 4.69) is 58.2 Å². The zero-order chi connectivity index (χ0) is 20.5. The van der Waals surface area contributed by atoms with Crippen molar-refractivity contribution in [1.82, 2.24) is 19.5 Å². The molecule has 0 N–H and O–H groups in total. The molecule has 7 nitrogen and oxygen atoms in total. The van der Waals surface area contributed by atoms with Crippen molar-refractivity contribution in [2.45, 2.75) is 25.8 Å². The Labute approximate surface area is 170 Å². The Kier molecular flexibility index (Phi) is 4.92. The zero-order valence-electron chi connectivity index (χ0n) is 16.9. The molecule has 1 aliphatic rings. The largest absolute Gasteiger partial charge is 0.354 e. The molecule has 1 aromatic carbocycles. The van der Waals surface area contributed by atoms with Gasteiger partial charge in [0, 0.05) is 24.7 Å². The summed E-state index contributed by atoms with van der Waals surface area (Å²) in [5, 5.41) is 23.6. The third-order valence-electron chi connectivity index (χ3n) is 5.65. The Hall–Kier alpha value is -3.42. The first-order valence-electron chi connectivity index (χ1n) is 9.71. The van der Waals surface area contributed by atoms with Gasteiger partial charge in [0.05, 0.1) is 12.5 Å². The number of nitrogens with zero attached hydrogens (tertiary/aromatic N) is 7. The summed E-state index contributed by atoms with van der Waals surface area (Å²) in [6.45, 7) is 3.75. The van der Waals surface area contributed by atoms with Gasteiger partial charge in [-0.25, -0.2) is 4.98 Å². The number of anilines is 1. The van der Waals surface area contributed by atoms with Gasteiger partial charge < -0.3 is 9.80 Å². The molecule has 0 amide bonds. The van der Waals surface area contributed by atoms with Crippen LogP contribution >= 0.6 is 0 Å². The average molecular weight is 385 g/mol. The van der Waals surface area contributed by atoms with Gasteiger partial charge in [-0.2, -0.15) is 15.0 Å². The maximum atomic E-state index is 9.88. The third kappa shape index (κ3) is 3.20. The number of rotatable bonds is 4. The number of benzene rings is 1. The minimum atomic E-state index is 0.117. The fraction of sp³-hybridized carbons (Fsp3) is 0.364. The van der Waals surface area contributed by atoms with E-state index < -0.39 is 0 Å². The lowest BCUT2D eigenvalue weighted by atomic mass is 9.97. The molecule has 2 aromatic heterocycles. The van der Waals surface area contributed by atoms with Crippen molar-refractivity contribution in [3.05, 3.63) is 47.3 Å². The molecule has 0 aliphatic carbocycles. The van der Waals surface area contributed by atoms with Crippen LogP contribution in [0.25, 0.3) is 16.8 Å². The highest BCUT2D eigenvalue weighted by molar-refractivity contribution is 5.85. The Morgan fingerprint density at radius 1 is 1.21 bits per heavy atom. The predicted molar refractivity (Wildman–Crippen MR) is 111 cm³/mol. The molecule has 146 valence electrons. The van der Waals surface area contributed by atoms with Crippen LogP contribution in [0.15, 0.2) is 30.3 Å². The molecule has 0 unspecified atom stereocenters. The van der Waals surface area contributed by atoms with Gasteiger partial charge in [-0.05, 0) is 38.6 Å². The standard InChI is InChI=1S/C22H23N7/c1-15-18(13-24)21-25-19(9-11-23)26-29(21)22(20(15)16-7-5-4-6-8-16)28-12-10-17(14-28)27(2)3/h4-8,17H,9-10,12,14H2,1-3H3/t17-/m0/s1. The van der Waals surface area contributed by atoms with E-state index in [1.807, 2.05) is 25.1 Å². The van der Waals surface area contributed by atoms with Crippen molar-refractivity contribution in [3.63, 3.8) is 0 Å². The Bertz CT molecular complexity index is 1130. The van der Waals surface area contributed by atoms with Gasteiger partial charge in [0.15, 0.2) is 11.5 Å². The van der Waals surface area contributed by atoms with Crippen molar-refractivity contribution in [2.75, 3.05) is 32.1 Å². The molecular formula is C22H23N7. The zero-order valence-corrected chi connectivity index (χ0v) is 16.9. The van der Waals surface area contributed by atoms with Crippen LogP contribution in [0, 0.1) is 29.6 Å². The summed E-state index contributed by atoms with van der Waals surface area (Å²) in [6, 6.07) is 15.0. The second kappa shape index (κ2) is 7.54. The van der Waals surface area contributed by atoms with E-state index in [1.165, 1.54) is 0 Å². The summed E-state index contributed by atoms with van der Waals surface area (Å²) in [7, 11) is 4.21. The summed E-state index contributed by atoms with van der Waals surface area (Å²) in [5.74, 6) is 1.39. The molecule has 0 spiro atoms. The lowest BCUT2D eigenvalue weighted by Gasteiger charge is -2.26. The molecule has 1 aliphatic heterocycles. The Balaban J connectivity index is 2.03. The first-order chi connectivity index (χ1) is 14.0. The van der Waals surface area contributed by atoms with E-state index in [1.54, 1.807) is 4.52 Å². The van der Waals surface area contributed by atoms with Crippen LogP contribution in [0.3, 0.4) is 0 Å². The summed E-state index contributed by atoms with van der Waals surface area (Å²) >= 11 is 0. The van der Waals surface area contributed by atoms with Gasteiger partial charge >= 0.3 is 0 Å². The lowest BCUT2D eigenvalue weighted by Crippen LogP contribution is -2.32. The second-order valence-electron chi connectivity index (χ2n) is 7.63. The summed E-state index contributed by atoms with van der Waals surface area (Å²) in [4.78, 5) is 9.11. The van der Waals surface area contributed by atoms with E-state index in [-0.39, 0.29) is 6.42 Å². The van der Waals surface area contributed by atoms with Gasteiger partial charge in [-0.1, -0.05) is 30.3 Å². The molecule has 7 heteroatoms. The predicted octanol–water partition coefficient (Wildman–Crippen LogP) is 2.78. The van der Waals surface area contributed by atoms with Crippen LogP contribution in [0.4, 0.5) is 5.82 Å². The van der Waals surface area contributed by atoms with Crippen molar-refractivity contribution in [2.24, 2.45) is 0 Å². The van der Waals surface area contributed by atoms with Crippen LogP contribution < -0.4 is 4.90 Å². The van der Waals surface area contributed by atoms with E-state index in [9.17, 15) is 5.26 Å². The van der Waals surface area contributed by atoms with Gasteiger partial charge in [-0.3, -0.25) is 0 Å². The maximum Gasteiger partial charge on any atom is 0.176 e. The SMILES string of the molecule is Cc1c(-c2ccccc2)c(N2CC[C@H](N(C)C)C2)n2nc(CC#N)nc2c1C#N. The smallest absolute Gasteiger partial charge is 0.176 e. The van der Waals surface area contributed by atoms with Crippen molar-refractivity contribution < 1.29 is 0 Å². The topological polar surface area (TPSA) is 84.2 Å². The van der Waals surface area contributed by atoms with Crippen molar-refractivity contribution in [1.29, 1.82) is 10.5 Å². The van der Waals surface area contributed by atoms with Crippen LogP contribution in [-0.2, 0) is 6.42 Å². The minimum absolute atomic E-state index is 0.117. The maximum absolute atomic E-state index is 9.88. The van der Waals surface area contributed by atoms with Crippen LogP contribution in [0.1, 0.15) is 23.4 Å². The fourth-order valence-electron chi connectivity index (χ4n) is 4.11. The van der Waals surface area contributed by atoms with E-state index in [0.29, 0.717) is 23.1 Å². The van der Waals surface area contributed by atoms with Crippen LogP contribution in [0.5, 0.6) is 0 Å². The summed E-state index contributed by atoms with van der Waals surface area (Å²) in [5.41, 5.74) is 3.97. The minimum Gasteiger partial charge on any atom is -0.354 e. The molecule has 0 saturated carbocycles. The van der Waals surface area contributed by atoms with Crippen molar-refractivity contribution >= 4 is 11.5 Å². The molecule has 0 radical (unpaired) electrons. The Morgan fingerprint density at radius 3 is 2.59 bits per heavy atom. The van der Waals surface area contributed by atoms with Crippen LogP contribution in [0.2, 0.25) is 0 Å². The van der Waals surface area contributed by atoms with E-state index in [4.69, 9.17) is 5.26 Å². The number of hydrogen-bond acceptors (Lipinski definition) is 6. The molecule has 1 fully saturated rings. The summed E-state index contributed by atoms with van der Waals surface area (Å²) < 4.78 is 1.78. The number of hydrogen-bond donors (Lipinski definition) is 0. The Morgan fingerprint density at radius 2 is 1.97 bits per heavy atom. The van der Waals surface area contributed by atoms with Gasteiger partial charge in [0.2, 0.25) is 0 Å². The molecule has 1 saturated heterocycles. The average Bonchev–Trinajstić information content (AvgIpc) is 3.35. The summed E-state index contributed by atoms with van der Waals surface area (Å²) in [6.07, 6.45) is 1.17. The fourth-order valence-corrected chi connectivity index (χ4v) is 4.11. The third-order valence-corrected chi connectivity index (χ3v) is 5.65. The molecule has 3 aromatic rings. The number of aromatic nitrogens is 3. The normalized spacial score (nSPS) is 16.3. The van der Waals surface area contributed by atoms with E-state index >= 15 is 0 Å².